The first-order valence-corrected chi connectivity index (χ1v) is 5.69. The van der Waals surface area contributed by atoms with Gasteiger partial charge in [0, 0.05) is 11.9 Å². The molecule has 17 heavy (non-hydrogen) atoms. The molecule has 2 rings (SSSR count). The van der Waals surface area contributed by atoms with Gasteiger partial charge in [-0.2, -0.15) is 0 Å². The summed E-state index contributed by atoms with van der Waals surface area (Å²) in [7, 11) is 0. The van der Waals surface area contributed by atoms with E-state index in [0.29, 0.717) is 10.7 Å². The highest BCUT2D eigenvalue weighted by Crippen LogP contribution is 2.23. The average Bonchev–Trinajstić information content (AvgIpc) is 2.71. The van der Waals surface area contributed by atoms with Crippen LogP contribution in [0.5, 0.6) is 0 Å². The number of rotatable bonds is 3. The molecule has 0 aliphatic rings. The van der Waals surface area contributed by atoms with E-state index >= 15 is 0 Å². The van der Waals surface area contributed by atoms with Gasteiger partial charge in [-0.25, -0.2) is 0 Å². The van der Waals surface area contributed by atoms with Gasteiger partial charge in [-0.3, -0.25) is 4.79 Å². The van der Waals surface area contributed by atoms with Crippen molar-refractivity contribution in [1.29, 1.82) is 0 Å². The van der Waals surface area contributed by atoms with Gasteiger partial charge >= 0.3 is 0 Å². The minimum absolute atomic E-state index is 0.224. The number of benzene rings is 1. The highest BCUT2D eigenvalue weighted by molar-refractivity contribution is 6.35. The van der Waals surface area contributed by atoms with Crippen molar-refractivity contribution >= 4 is 28.4 Å². The Morgan fingerprint density at radius 2 is 2.35 bits per heavy atom. The lowest BCUT2D eigenvalue weighted by Gasteiger charge is -2.05. The average molecular weight is 253 g/mol. The van der Waals surface area contributed by atoms with Gasteiger partial charge in [-0.15, -0.1) is 0 Å². The predicted octanol–water partition coefficient (Wildman–Crippen LogP) is 1.93. The van der Waals surface area contributed by atoms with Gasteiger partial charge in [0.15, 0.2) is 0 Å². The fourth-order valence-electron chi connectivity index (χ4n) is 1.58. The van der Waals surface area contributed by atoms with Crippen LogP contribution in [-0.4, -0.2) is 28.6 Å². The summed E-state index contributed by atoms with van der Waals surface area (Å²) in [6, 6.07) is 7.20. The Labute approximate surface area is 104 Å². The number of para-hydroxylation sites is 1. The molecule has 5 heteroatoms. The van der Waals surface area contributed by atoms with Crippen molar-refractivity contribution in [2.24, 2.45) is 0 Å². The van der Waals surface area contributed by atoms with Crippen LogP contribution in [0.15, 0.2) is 24.3 Å². The quantitative estimate of drug-likeness (QED) is 0.782. The summed E-state index contributed by atoms with van der Waals surface area (Å²) < 4.78 is 0. The Hall–Kier alpha value is -1.52. The fourth-order valence-corrected chi connectivity index (χ4v) is 1.81. The van der Waals surface area contributed by atoms with Crippen LogP contribution in [0.25, 0.3) is 10.9 Å². The second-order valence-corrected chi connectivity index (χ2v) is 4.35. The summed E-state index contributed by atoms with van der Waals surface area (Å²) >= 11 is 6.00. The number of aromatic nitrogens is 1. The van der Waals surface area contributed by atoms with E-state index in [0.717, 1.165) is 10.9 Å². The molecule has 0 saturated heterocycles. The molecule has 0 radical (unpaired) electrons. The van der Waals surface area contributed by atoms with E-state index < -0.39 is 6.10 Å². The van der Waals surface area contributed by atoms with E-state index in [9.17, 15) is 4.79 Å². The summed E-state index contributed by atoms with van der Waals surface area (Å²) in [4.78, 5) is 14.7. The van der Waals surface area contributed by atoms with Crippen molar-refractivity contribution in [1.82, 2.24) is 10.3 Å². The Balaban J connectivity index is 2.24. The molecular weight excluding hydrogens is 240 g/mol. The monoisotopic (exact) mass is 252 g/mol. The molecule has 2 aromatic rings. The lowest BCUT2D eigenvalue weighted by atomic mass is 10.2. The topological polar surface area (TPSA) is 65.1 Å². The van der Waals surface area contributed by atoms with Crippen LogP contribution in [0, 0.1) is 0 Å². The first kappa shape index (κ1) is 12.0. The number of amides is 1. The van der Waals surface area contributed by atoms with Gasteiger partial charge in [-0.1, -0.05) is 23.7 Å². The zero-order valence-corrected chi connectivity index (χ0v) is 10.1. The number of hydrogen-bond acceptors (Lipinski definition) is 2. The van der Waals surface area contributed by atoms with E-state index in [4.69, 9.17) is 16.7 Å². The van der Waals surface area contributed by atoms with Crippen LogP contribution in [-0.2, 0) is 0 Å². The molecule has 0 saturated carbocycles. The van der Waals surface area contributed by atoms with E-state index in [1.54, 1.807) is 19.1 Å². The molecule has 3 N–H and O–H groups in total. The minimum Gasteiger partial charge on any atom is -0.392 e. The lowest BCUT2D eigenvalue weighted by Crippen LogP contribution is -2.30. The standard InChI is InChI=1S/C12H13ClN2O2/c1-7(16)6-14-12(17)10-5-8-3-2-4-9(13)11(8)15-10/h2-5,7,15-16H,6H2,1H3,(H,14,17). The summed E-state index contributed by atoms with van der Waals surface area (Å²) in [6.45, 7) is 1.84. The molecule has 0 fully saturated rings. The third-order valence-electron chi connectivity index (χ3n) is 2.41. The number of aliphatic hydroxyl groups is 1. The molecular formula is C12H13ClN2O2. The number of carbonyl (C=O) groups is 1. The third-order valence-corrected chi connectivity index (χ3v) is 2.72. The van der Waals surface area contributed by atoms with Crippen molar-refractivity contribution in [3.63, 3.8) is 0 Å². The number of halogens is 1. The number of fused-ring (bicyclic) bond motifs is 1. The van der Waals surface area contributed by atoms with Crippen LogP contribution in [0.2, 0.25) is 5.02 Å². The normalized spacial score (nSPS) is 12.6. The second kappa shape index (κ2) is 4.77. The van der Waals surface area contributed by atoms with Crippen molar-refractivity contribution < 1.29 is 9.90 Å². The molecule has 0 bridgehead atoms. The maximum atomic E-state index is 11.7. The second-order valence-electron chi connectivity index (χ2n) is 3.95. The van der Waals surface area contributed by atoms with Gasteiger partial charge in [0.2, 0.25) is 0 Å². The smallest absolute Gasteiger partial charge is 0.267 e. The van der Waals surface area contributed by atoms with Gasteiger partial charge in [0.25, 0.3) is 5.91 Å². The Kier molecular flexibility index (Phi) is 3.36. The molecule has 90 valence electrons. The SMILES string of the molecule is CC(O)CNC(=O)c1cc2cccc(Cl)c2[nH]1. The molecule has 1 aromatic carbocycles. The summed E-state index contributed by atoms with van der Waals surface area (Å²) in [5.74, 6) is -0.252. The number of aromatic amines is 1. The van der Waals surface area contributed by atoms with Gasteiger partial charge < -0.3 is 15.4 Å². The van der Waals surface area contributed by atoms with E-state index in [2.05, 4.69) is 10.3 Å². The van der Waals surface area contributed by atoms with Crippen molar-refractivity contribution in [2.75, 3.05) is 6.54 Å². The third kappa shape index (κ3) is 2.60. The molecule has 4 nitrogen and oxygen atoms in total. The Morgan fingerprint density at radius 1 is 1.59 bits per heavy atom. The minimum atomic E-state index is -0.563. The highest BCUT2D eigenvalue weighted by atomic mass is 35.5. The Bertz CT molecular complexity index is 548. The number of carbonyl (C=O) groups excluding carboxylic acids is 1. The number of H-pyrrole nitrogens is 1. The molecule has 0 spiro atoms. The molecule has 1 aromatic heterocycles. The first-order chi connectivity index (χ1) is 8.08. The maximum Gasteiger partial charge on any atom is 0.267 e. The largest absolute Gasteiger partial charge is 0.392 e. The van der Waals surface area contributed by atoms with Crippen LogP contribution < -0.4 is 5.32 Å². The van der Waals surface area contributed by atoms with E-state index in [-0.39, 0.29) is 12.5 Å². The van der Waals surface area contributed by atoms with Crippen LogP contribution in [0.4, 0.5) is 0 Å². The zero-order chi connectivity index (χ0) is 12.4. The Morgan fingerprint density at radius 3 is 3.00 bits per heavy atom. The fraction of sp³-hybridized carbons (Fsp3) is 0.250. The van der Waals surface area contributed by atoms with Crippen LogP contribution in [0.1, 0.15) is 17.4 Å². The van der Waals surface area contributed by atoms with Gasteiger partial charge in [-0.05, 0) is 19.1 Å². The van der Waals surface area contributed by atoms with E-state index in [1.807, 2.05) is 12.1 Å². The van der Waals surface area contributed by atoms with E-state index in [1.165, 1.54) is 0 Å². The van der Waals surface area contributed by atoms with Crippen LogP contribution in [0.3, 0.4) is 0 Å². The highest BCUT2D eigenvalue weighted by Gasteiger charge is 2.11. The van der Waals surface area contributed by atoms with Crippen molar-refractivity contribution in [2.45, 2.75) is 13.0 Å². The number of hydrogen-bond donors (Lipinski definition) is 3. The number of aliphatic hydroxyl groups excluding tert-OH is 1. The maximum absolute atomic E-state index is 11.7. The molecule has 1 unspecified atom stereocenters. The molecule has 1 atom stereocenters. The summed E-state index contributed by atoms with van der Waals surface area (Å²) in [6.07, 6.45) is -0.563. The summed E-state index contributed by atoms with van der Waals surface area (Å²) in [5, 5.41) is 13.2. The predicted molar refractivity (Wildman–Crippen MR) is 67.3 cm³/mol. The van der Waals surface area contributed by atoms with Crippen LogP contribution >= 0.6 is 11.6 Å². The van der Waals surface area contributed by atoms with Gasteiger partial charge in [0.1, 0.15) is 5.69 Å². The van der Waals surface area contributed by atoms with Crippen molar-refractivity contribution in [3.05, 3.63) is 35.0 Å². The summed E-state index contributed by atoms with van der Waals surface area (Å²) in [5.41, 5.74) is 1.19. The van der Waals surface area contributed by atoms with Gasteiger partial charge in [0.05, 0.1) is 16.6 Å². The lowest BCUT2D eigenvalue weighted by molar-refractivity contribution is 0.0920. The zero-order valence-electron chi connectivity index (χ0n) is 9.33. The molecule has 1 amide bonds. The molecule has 0 aliphatic heterocycles. The van der Waals surface area contributed by atoms with Crippen molar-refractivity contribution in [3.8, 4) is 0 Å². The first-order valence-electron chi connectivity index (χ1n) is 5.31. The number of nitrogens with one attached hydrogen (secondary N) is 2. The molecule has 0 aliphatic carbocycles. The molecule has 1 heterocycles.